The maximum Gasteiger partial charge on any atom is 0.357 e. The Balaban J connectivity index is 2.19. The largest absolute Gasteiger partial charge is 0.464 e. The first-order valence-electron chi connectivity index (χ1n) is 6.50. The van der Waals surface area contributed by atoms with Crippen molar-refractivity contribution in [3.05, 3.63) is 40.3 Å². The molecule has 7 heteroatoms. The van der Waals surface area contributed by atoms with Gasteiger partial charge in [-0.15, -0.1) is 0 Å². The zero-order valence-electron chi connectivity index (χ0n) is 11.4. The third-order valence-electron chi connectivity index (χ3n) is 3.29. The van der Waals surface area contributed by atoms with E-state index in [0.717, 1.165) is 17.8 Å². The van der Waals surface area contributed by atoms with Gasteiger partial charge in [0, 0.05) is 18.3 Å². The van der Waals surface area contributed by atoms with Gasteiger partial charge in [-0.25, -0.2) is 14.8 Å². The van der Waals surface area contributed by atoms with Crippen LogP contribution < -0.4 is 5.32 Å². The van der Waals surface area contributed by atoms with Gasteiger partial charge in [0.2, 0.25) is 0 Å². The Morgan fingerprint density at radius 3 is 3.05 bits per heavy atom. The highest BCUT2D eigenvalue weighted by Crippen LogP contribution is 2.25. The fourth-order valence-electron chi connectivity index (χ4n) is 2.28. The fourth-order valence-corrected chi connectivity index (χ4v) is 2.49. The summed E-state index contributed by atoms with van der Waals surface area (Å²) in [6.07, 6.45) is 2.30. The molecule has 0 aromatic carbocycles. The third-order valence-corrected chi connectivity index (χ3v) is 3.59. The molecule has 2 aromatic rings. The van der Waals surface area contributed by atoms with E-state index in [1.165, 1.54) is 7.11 Å². The number of nitrogens with one attached hydrogen (secondary N) is 1. The molecule has 108 valence electrons. The Morgan fingerprint density at radius 2 is 2.29 bits per heavy atom. The van der Waals surface area contributed by atoms with Crippen molar-refractivity contribution in [2.24, 2.45) is 0 Å². The molecule has 0 bridgehead atoms. The van der Waals surface area contributed by atoms with E-state index >= 15 is 0 Å². The van der Waals surface area contributed by atoms with E-state index in [0.29, 0.717) is 35.2 Å². The monoisotopic (exact) mass is 304 g/mol. The predicted octanol–water partition coefficient (Wildman–Crippen LogP) is 1.62. The molecule has 0 spiro atoms. The molecular formula is C14H13ClN4O2. The molecule has 0 radical (unpaired) electrons. The fraction of sp³-hybridized carbons (Fsp3) is 0.286. The van der Waals surface area contributed by atoms with Crippen LogP contribution in [-0.2, 0) is 17.7 Å². The molecule has 21 heavy (non-hydrogen) atoms. The van der Waals surface area contributed by atoms with Crippen molar-refractivity contribution in [1.29, 1.82) is 0 Å². The van der Waals surface area contributed by atoms with Crippen molar-refractivity contribution in [2.45, 2.75) is 13.0 Å². The number of hydrogen-bond acceptors (Lipinski definition) is 6. The van der Waals surface area contributed by atoms with Crippen LogP contribution in [0.2, 0.25) is 5.02 Å². The Kier molecular flexibility index (Phi) is 3.81. The highest BCUT2D eigenvalue weighted by molar-refractivity contribution is 6.32. The van der Waals surface area contributed by atoms with Crippen LogP contribution in [0.5, 0.6) is 0 Å². The number of esters is 1. The van der Waals surface area contributed by atoms with Gasteiger partial charge in [-0.1, -0.05) is 11.6 Å². The van der Waals surface area contributed by atoms with E-state index < -0.39 is 5.97 Å². The van der Waals surface area contributed by atoms with Crippen LogP contribution in [0.3, 0.4) is 0 Å². The van der Waals surface area contributed by atoms with E-state index in [2.05, 4.69) is 20.3 Å². The number of halogens is 1. The van der Waals surface area contributed by atoms with E-state index in [-0.39, 0.29) is 0 Å². The van der Waals surface area contributed by atoms with Crippen molar-refractivity contribution >= 4 is 17.6 Å². The molecule has 3 rings (SSSR count). The second-order valence-corrected chi connectivity index (χ2v) is 4.98. The normalized spacial score (nSPS) is 13.6. The molecule has 0 aliphatic carbocycles. The Morgan fingerprint density at radius 1 is 1.43 bits per heavy atom. The van der Waals surface area contributed by atoms with Gasteiger partial charge in [-0.3, -0.25) is 4.98 Å². The number of carbonyl (C=O) groups excluding carboxylic acids is 1. The van der Waals surface area contributed by atoms with Gasteiger partial charge < -0.3 is 10.1 Å². The highest BCUT2D eigenvalue weighted by Gasteiger charge is 2.23. The van der Waals surface area contributed by atoms with Gasteiger partial charge in [0.15, 0.2) is 11.5 Å². The van der Waals surface area contributed by atoms with Gasteiger partial charge in [-0.2, -0.15) is 0 Å². The molecule has 0 fully saturated rings. The summed E-state index contributed by atoms with van der Waals surface area (Å²) in [5.74, 6) is -0.132. The summed E-state index contributed by atoms with van der Waals surface area (Å²) >= 11 is 6.13. The minimum Gasteiger partial charge on any atom is -0.464 e. The number of carbonyl (C=O) groups is 1. The van der Waals surface area contributed by atoms with E-state index in [1.54, 1.807) is 18.3 Å². The van der Waals surface area contributed by atoms with Crippen molar-refractivity contribution in [1.82, 2.24) is 20.3 Å². The molecule has 0 unspecified atom stereocenters. The summed E-state index contributed by atoms with van der Waals surface area (Å²) in [7, 11) is 1.34. The molecule has 0 atom stereocenters. The SMILES string of the molecule is COC(=O)c1nc(-c2ncccc2Cl)nc2c1CCNC2. The first-order chi connectivity index (χ1) is 10.2. The van der Waals surface area contributed by atoms with Crippen molar-refractivity contribution in [3.63, 3.8) is 0 Å². The zero-order chi connectivity index (χ0) is 14.8. The Hall–Kier alpha value is -2.05. The van der Waals surface area contributed by atoms with E-state index in [4.69, 9.17) is 16.3 Å². The first-order valence-corrected chi connectivity index (χ1v) is 6.88. The Labute approximate surface area is 126 Å². The van der Waals surface area contributed by atoms with Gasteiger partial charge in [0.1, 0.15) is 5.69 Å². The average Bonchev–Trinajstić information content (AvgIpc) is 2.53. The number of fused-ring (bicyclic) bond motifs is 1. The quantitative estimate of drug-likeness (QED) is 0.850. The molecule has 0 saturated carbocycles. The highest BCUT2D eigenvalue weighted by atomic mass is 35.5. The van der Waals surface area contributed by atoms with Crippen molar-refractivity contribution < 1.29 is 9.53 Å². The lowest BCUT2D eigenvalue weighted by atomic mass is 10.0. The Bertz CT molecular complexity index is 705. The summed E-state index contributed by atoms with van der Waals surface area (Å²) in [5, 5.41) is 3.66. The summed E-state index contributed by atoms with van der Waals surface area (Å²) < 4.78 is 4.82. The topological polar surface area (TPSA) is 77.0 Å². The molecule has 0 amide bonds. The van der Waals surface area contributed by atoms with Crippen LogP contribution in [0.4, 0.5) is 0 Å². The number of ether oxygens (including phenoxy) is 1. The van der Waals surface area contributed by atoms with Crippen LogP contribution in [0.1, 0.15) is 21.7 Å². The van der Waals surface area contributed by atoms with Crippen molar-refractivity contribution in [3.8, 4) is 11.5 Å². The molecule has 0 saturated heterocycles. The second-order valence-electron chi connectivity index (χ2n) is 4.57. The number of aromatic nitrogens is 3. The molecule has 1 N–H and O–H groups in total. The van der Waals surface area contributed by atoms with Gasteiger partial charge in [0.25, 0.3) is 0 Å². The van der Waals surface area contributed by atoms with Crippen LogP contribution in [0, 0.1) is 0 Å². The molecule has 2 aromatic heterocycles. The van der Waals surface area contributed by atoms with Crippen molar-refractivity contribution in [2.75, 3.05) is 13.7 Å². The van der Waals surface area contributed by atoms with Crippen LogP contribution in [-0.4, -0.2) is 34.6 Å². The smallest absolute Gasteiger partial charge is 0.357 e. The number of pyridine rings is 1. The summed E-state index contributed by atoms with van der Waals surface area (Å²) in [5.41, 5.74) is 2.36. The minimum absolute atomic E-state index is 0.292. The molecule has 1 aliphatic rings. The lowest BCUT2D eigenvalue weighted by molar-refractivity contribution is 0.0592. The van der Waals surface area contributed by atoms with Gasteiger partial charge in [-0.05, 0) is 25.1 Å². The zero-order valence-corrected chi connectivity index (χ0v) is 12.1. The molecule has 3 heterocycles. The summed E-state index contributed by atoms with van der Waals surface area (Å²) in [6, 6.07) is 3.44. The standard InChI is InChI=1S/C14H13ClN4O2/c1-21-14(20)11-8-4-6-16-7-10(8)18-13(19-11)12-9(15)3-2-5-17-12/h2-3,5,16H,4,6-7H2,1H3. The van der Waals surface area contributed by atoms with Crippen LogP contribution in [0.15, 0.2) is 18.3 Å². The number of nitrogens with zero attached hydrogens (tertiary/aromatic N) is 3. The lowest BCUT2D eigenvalue weighted by Crippen LogP contribution is -2.28. The number of rotatable bonds is 2. The minimum atomic E-state index is -0.469. The van der Waals surface area contributed by atoms with E-state index in [1.807, 2.05) is 0 Å². The number of methoxy groups -OCH3 is 1. The second kappa shape index (κ2) is 5.75. The summed E-state index contributed by atoms with van der Waals surface area (Å²) in [6.45, 7) is 1.36. The molecule has 6 nitrogen and oxygen atoms in total. The molecular weight excluding hydrogens is 292 g/mol. The third kappa shape index (κ3) is 2.59. The van der Waals surface area contributed by atoms with Gasteiger partial charge >= 0.3 is 5.97 Å². The molecule has 1 aliphatic heterocycles. The van der Waals surface area contributed by atoms with Crippen LogP contribution in [0.25, 0.3) is 11.5 Å². The lowest BCUT2D eigenvalue weighted by Gasteiger charge is -2.19. The maximum atomic E-state index is 12.0. The summed E-state index contributed by atoms with van der Waals surface area (Å²) in [4.78, 5) is 25.0. The average molecular weight is 305 g/mol. The van der Waals surface area contributed by atoms with E-state index in [9.17, 15) is 4.79 Å². The predicted molar refractivity (Wildman–Crippen MR) is 77.0 cm³/mol. The van der Waals surface area contributed by atoms with Crippen LogP contribution >= 0.6 is 11.6 Å². The van der Waals surface area contributed by atoms with Gasteiger partial charge in [0.05, 0.1) is 17.8 Å². The maximum absolute atomic E-state index is 12.0. The number of hydrogen-bond donors (Lipinski definition) is 1. The first kappa shape index (κ1) is 13.9.